The topological polar surface area (TPSA) is 95.6 Å². The van der Waals surface area contributed by atoms with Crippen molar-refractivity contribution in [1.82, 2.24) is 20.2 Å². The van der Waals surface area contributed by atoms with Gasteiger partial charge in [0.25, 0.3) is 0 Å². The summed E-state index contributed by atoms with van der Waals surface area (Å²) in [5, 5.41) is 14.1. The van der Waals surface area contributed by atoms with E-state index in [0.717, 1.165) is 42.2 Å². The number of H-pyrrole nitrogens is 1. The summed E-state index contributed by atoms with van der Waals surface area (Å²) in [4.78, 5) is 20.8. The van der Waals surface area contributed by atoms with Crippen LogP contribution in [0.5, 0.6) is 0 Å². The lowest BCUT2D eigenvalue weighted by atomic mass is 10.0. The smallest absolute Gasteiger partial charge is 0.225 e. The molecular formula is C19H26N6O. The summed E-state index contributed by atoms with van der Waals surface area (Å²) in [6.45, 7) is 3.39. The largest absolute Gasteiger partial charge is 0.345 e. The van der Waals surface area contributed by atoms with E-state index in [1.54, 1.807) is 6.92 Å². The molecule has 0 bridgehead atoms. The molecule has 26 heavy (non-hydrogen) atoms. The number of nitrogens with zero attached hydrogens (tertiary/aromatic N) is 3. The number of Topliss-reactive ketones (excluding diaryl/α,β-unsaturated/α-hetero) is 1. The lowest BCUT2D eigenvalue weighted by molar-refractivity contribution is -0.117. The Labute approximate surface area is 153 Å². The molecule has 2 aliphatic rings. The van der Waals surface area contributed by atoms with Crippen LogP contribution in [0.25, 0.3) is 0 Å². The number of fused-ring (bicyclic) bond motifs is 1. The molecular weight excluding hydrogens is 328 g/mol. The number of aromatic nitrogens is 4. The molecule has 2 aromatic heterocycles. The predicted molar refractivity (Wildman–Crippen MR) is 101 cm³/mol. The van der Waals surface area contributed by atoms with Gasteiger partial charge in [0, 0.05) is 23.2 Å². The predicted octanol–water partition coefficient (Wildman–Crippen LogP) is 3.48. The molecule has 3 N–H and O–H groups in total. The first-order chi connectivity index (χ1) is 12.6. The number of aryl methyl sites for hydroxylation is 1. The van der Waals surface area contributed by atoms with Gasteiger partial charge >= 0.3 is 0 Å². The first kappa shape index (κ1) is 17.0. The van der Waals surface area contributed by atoms with Crippen molar-refractivity contribution in [3.63, 3.8) is 0 Å². The van der Waals surface area contributed by atoms with Crippen LogP contribution in [0.15, 0.2) is 6.07 Å². The van der Waals surface area contributed by atoms with E-state index in [4.69, 9.17) is 0 Å². The molecule has 0 aliphatic heterocycles. The lowest BCUT2D eigenvalue weighted by Gasteiger charge is -2.14. The molecule has 1 saturated carbocycles. The van der Waals surface area contributed by atoms with Crippen LogP contribution in [0.4, 0.5) is 17.6 Å². The maximum absolute atomic E-state index is 11.5. The standard InChI is InChI=1S/C19H26N6O/c1-11(12(2)26)20-19-21-15-9-5-8-14(15)18(23-19)22-17-10-16(24-25-17)13-6-3-4-7-13/h10-11,13H,3-9H2,1-2H3,(H3,20,21,22,23,24,25). The third-order valence-corrected chi connectivity index (χ3v) is 5.53. The summed E-state index contributed by atoms with van der Waals surface area (Å²) in [5.74, 6) is 2.77. The number of carbonyl (C=O) groups excluding carboxylic acids is 1. The van der Waals surface area contributed by atoms with Crippen LogP contribution in [0.1, 0.15) is 68.8 Å². The zero-order chi connectivity index (χ0) is 18.1. The van der Waals surface area contributed by atoms with Crippen LogP contribution in [-0.4, -0.2) is 32.0 Å². The molecule has 0 aromatic carbocycles. The molecule has 138 valence electrons. The summed E-state index contributed by atoms with van der Waals surface area (Å²) in [6.07, 6.45) is 8.08. The normalized spacial score (nSPS) is 17.9. The zero-order valence-corrected chi connectivity index (χ0v) is 15.4. The Morgan fingerprint density at radius 3 is 2.81 bits per heavy atom. The summed E-state index contributed by atoms with van der Waals surface area (Å²) < 4.78 is 0. The lowest BCUT2D eigenvalue weighted by Crippen LogP contribution is -2.25. The number of ketones is 1. The third kappa shape index (κ3) is 3.43. The highest BCUT2D eigenvalue weighted by atomic mass is 16.1. The molecule has 0 amide bonds. The molecule has 0 saturated heterocycles. The first-order valence-corrected chi connectivity index (χ1v) is 9.59. The van der Waals surface area contributed by atoms with Gasteiger partial charge in [-0.1, -0.05) is 12.8 Å². The molecule has 7 heteroatoms. The Morgan fingerprint density at radius 2 is 2.04 bits per heavy atom. The average Bonchev–Trinajstić information content (AvgIpc) is 3.35. The van der Waals surface area contributed by atoms with Crippen LogP contribution in [0, 0.1) is 0 Å². The van der Waals surface area contributed by atoms with Crippen LogP contribution < -0.4 is 10.6 Å². The van der Waals surface area contributed by atoms with Crippen molar-refractivity contribution in [2.75, 3.05) is 10.6 Å². The van der Waals surface area contributed by atoms with E-state index in [0.29, 0.717) is 11.9 Å². The van der Waals surface area contributed by atoms with Gasteiger partial charge in [-0.15, -0.1) is 0 Å². The fraction of sp³-hybridized carbons (Fsp3) is 0.579. The molecule has 1 fully saturated rings. The molecule has 0 radical (unpaired) electrons. The van der Waals surface area contributed by atoms with E-state index in [9.17, 15) is 4.79 Å². The number of rotatable bonds is 6. The summed E-state index contributed by atoms with van der Waals surface area (Å²) in [5.41, 5.74) is 3.43. The average molecular weight is 354 g/mol. The van der Waals surface area contributed by atoms with Gasteiger partial charge in [-0.05, 0) is 46.0 Å². The van der Waals surface area contributed by atoms with Gasteiger partial charge in [-0.25, -0.2) is 4.98 Å². The van der Waals surface area contributed by atoms with E-state index < -0.39 is 0 Å². The van der Waals surface area contributed by atoms with Crippen LogP contribution >= 0.6 is 0 Å². The third-order valence-electron chi connectivity index (χ3n) is 5.53. The van der Waals surface area contributed by atoms with E-state index in [2.05, 4.69) is 36.9 Å². The summed E-state index contributed by atoms with van der Waals surface area (Å²) in [6, 6.07) is 1.80. The molecule has 1 unspecified atom stereocenters. The highest BCUT2D eigenvalue weighted by Crippen LogP contribution is 2.35. The number of carbonyl (C=O) groups is 1. The Bertz CT molecular complexity index is 808. The highest BCUT2D eigenvalue weighted by Gasteiger charge is 2.22. The minimum atomic E-state index is -0.304. The monoisotopic (exact) mass is 354 g/mol. The van der Waals surface area contributed by atoms with Gasteiger partial charge in [-0.2, -0.15) is 10.1 Å². The van der Waals surface area contributed by atoms with Gasteiger partial charge in [0.1, 0.15) is 5.82 Å². The molecule has 2 aliphatic carbocycles. The van der Waals surface area contributed by atoms with Crippen molar-refractivity contribution in [2.45, 2.75) is 70.8 Å². The Balaban J connectivity index is 1.57. The molecule has 4 rings (SSSR count). The first-order valence-electron chi connectivity index (χ1n) is 9.59. The number of hydrogen-bond acceptors (Lipinski definition) is 6. The number of hydrogen-bond donors (Lipinski definition) is 3. The SMILES string of the molecule is CC(=O)C(C)Nc1nc2c(c(Nc3cc(C4CCCC4)[nH]n3)n1)CCC2. The highest BCUT2D eigenvalue weighted by molar-refractivity contribution is 5.83. The Kier molecular flexibility index (Phi) is 4.61. The van der Waals surface area contributed by atoms with E-state index in [1.165, 1.54) is 31.4 Å². The van der Waals surface area contributed by atoms with Gasteiger partial charge < -0.3 is 10.6 Å². The Morgan fingerprint density at radius 1 is 1.23 bits per heavy atom. The zero-order valence-electron chi connectivity index (χ0n) is 15.4. The minimum Gasteiger partial charge on any atom is -0.345 e. The van der Waals surface area contributed by atoms with E-state index >= 15 is 0 Å². The van der Waals surface area contributed by atoms with E-state index in [-0.39, 0.29) is 11.8 Å². The van der Waals surface area contributed by atoms with Gasteiger partial charge in [-0.3, -0.25) is 9.89 Å². The van der Waals surface area contributed by atoms with Crippen molar-refractivity contribution >= 4 is 23.4 Å². The second-order valence-electron chi connectivity index (χ2n) is 7.47. The number of aromatic amines is 1. The molecule has 2 heterocycles. The van der Waals surface area contributed by atoms with Crippen molar-refractivity contribution < 1.29 is 4.79 Å². The van der Waals surface area contributed by atoms with E-state index in [1.807, 2.05) is 6.92 Å². The number of anilines is 3. The molecule has 2 aromatic rings. The maximum atomic E-state index is 11.5. The fourth-order valence-electron chi connectivity index (χ4n) is 3.86. The van der Waals surface area contributed by atoms with Crippen molar-refractivity contribution in [3.8, 4) is 0 Å². The van der Waals surface area contributed by atoms with Crippen molar-refractivity contribution in [2.24, 2.45) is 0 Å². The summed E-state index contributed by atoms with van der Waals surface area (Å²) >= 11 is 0. The maximum Gasteiger partial charge on any atom is 0.225 e. The Hall–Kier alpha value is -2.44. The molecule has 7 nitrogen and oxygen atoms in total. The van der Waals surface area contributed by atoms with Crippen LogP contribution in [0.3, 0.4) is 0 Å². The van der Waals surface area contributed by atoms with Gasteiger partial charge in [0.05, 0.1) is 11.7 Å². The van der Waals surface area contributed by atoms with Crippen LogP contribution in [-0.2, 0) is 17.6 Å². The van der Waals surface area contributed by atoms with Gasteiger partial charge in [0.15, 0.2) is 11.6 Å². The second-order valence-corrected chi connectivity index (χ2v) is 7.47. The summed E-state index contributed by atoms with van der Waals surface area (Å²) in [7, 11) is 0. The van der Waals surface area contributed by atoms with Crippen molar-refractivity contribution in [3.05, 3.63) is 23.0 Å². The molecule has 0 spiro atoms. The molecule has 1 atom stereocenters. The van der Waals surface area contributed by atoms with Crippen LogP contribution in [0.2, 0.25) is 0 Å². The second kappa shape index (κ2) is 7.05. The number of nitrogens with one attached hydrogen (secondary N) is 3. The minimum absolute atomic E-state index is 0.0668. The quantitative estimate of drug-likeness (QED) is 0.735. The van der Waals surface area contributed by atoms with Gasteiger partial charge in [0.2, 0.25) is 5.95 Å². The van der Waals surface area contributed by atoms with Crippen molar-refractivity contribution in [1.29, 1.82) is 0 Å². The fourth-order valence-corrected chi connectivity index (χ4v) is 3.86.